The first-order valence-electron chi connectivity index (χ1n) is 5.75. The first-order chi connectivity index (χ1) is 6.77. The number of nitrogens with one attached hydrogen (secondary N) is 1. The Kier molecular flexibility index (Phi) is 5.45. The van der Waals surface area contributed by atoms with Crippen molar-refractivity contribution in [3.63, 3.8) is 0 Å². The third-order valence-corrected chi connectivity index (χ3v) is 3.02. The number of likely N-dealkylation sites (tertiary alicyclic amines) is 1. The van der Waals surface area contributed by atoms with Gasteiger partial charge in [-0.2, -0.15) is 0 Å². The predicted octanol–water partition coefficient (Wildman–Crippen LogP) is 1.10. The molecular formula is C11H24N2O. The topological polar surface area (TPSA) is 24.5 Å². The second kappa shape index (κ2) is 6.38. The number of hydrogen-bond donors (Lipinski definition) is 1. The molecule has 2 atom stereocenters. The Labute approximate surface area is 87.8 Å². The van der Waals surface area contributed by atoms with Gasteiger partial charge in [0, 0.05) is 26.2 Å². The minimum atomic E-state index is 0.359. The molecule has 14 heavy (non-hydrogen) atoms. The van der Waals surface area contributed by atoms with E-state index in [0.29, 0.717) is 6.10 Å². The summed E-state index contributed by atoms with van der Waals surface area (Å²) in [5.41, 5.74) is 0. The highest BCUT2D eigenvalue weighted by Crippen LogP contribution is 2.16. The van der Waals surface area contributed by atoms with Gasteiger partial charge in [0.15, 0.2) is 0 Å². The number of nitrogens with zero attached hydrogens (tertiary/aromatic N) is 1. The second-order valence-electron chi connectivity index (χ2n) is 4.14. The van der Waals surface area contributed by atoms with Crippen LogP contribution in [0.25, 0.3) is 0 Å². The minimum Gasteiger partial charge on any atom is -0.380 e. The average Bonchev–Trinajstić information content (AvgIpc) is 2.62. The number of methoxy groups -OCH3 is 1. The Morgan fingerprint density at radius 2 is 2.36 bits per heavy atom. The summed E-state index contributed by atoms with van der Waals surface area (Å²) in [5, 5.41) is 3.43. The second-order valence-corrected chi connectivity index (χ2v) is 4.14. The molecule has 0 spiro atoms. The van der Waals surface area contributed by atoms with E-state index in [4.69, 9.17) is 4.74 Å². The highest BCUT2D eigenvalue weighted by atomic mass is 16.5. The van der Waals surface area contributed by atoms with E-state index in [0.717, 1.165) is 25.7 Å². The van der Waals surface area contributed by atoms with E-state index in [1.165, 1.54) is 19.4 Å². The molecule has 1 rings (SSSR count). The zero-order valence-electron chi connectivity index (χ0n) is 9.75. The van der Waals surface area contributed by atoms with Crippen LogP contribution in [-0.2, 0) is 4.74 Å². The van der Waals surface area contributed by atoms with Crippen molar-refractivity contribution in [2.45, 2.75) is 38.8 Å². The van der Waals surface area contributed by atoms with E-state index in [1.807, 2.05) is 0 Å². The maximum atomic E-state index is 5.30. The Bertz CT molecular complexity index is 152. The third kappa shape index (κ3) is 3.56. The lowest BCUT2D eigenvalue weighted by Crippen LogP contribution is -2.41. The van der Waals surface area contributed by atoms with Gasteiger partial charge in [0.25, 0.3) is 0 Å². The van der Waals surface area contributed by atoms with Gasteiger partial charge < -0.3 is 10.1 Å². The van der Waals surface area contributed by atoms with Crippen LogP contribution in [0.1, 0.15) is 26.7 Å². The standard InChI is InChI=1S/C11H24N2O/c1-4-12-8-11-6-5-7-13(11)9-10(2)14-3/h10-12H,4-9H2,1-3H3. The lowest BCUT2D eigenvalue weighted by Gasteiger charge is -2.26. The summed E-state index contributed by atoms with van der Waals surface area (Å²) in [7, 11) is 1.79. The van der Waals surface area contributed by atoms with Gasteiger partial charge in [0.05, 0.1) is 6.10 Å². The quantitative estimate of drug-likeness (QED) is 0.695. The van der Waals surface area contributed by atoms with Crippen LogP contribution in [0.5, 0.6) is 0 Å². The van der Waals surface area contributed by atoms with E-state index in [2.05, 4.69) is 24.1 Å². The van der Waals surface area contributed by atoms with E-state index < -0.39 is 0 Å². The summed E-state index contributed by atoms with van der Waals surface area (Å²) >= 11 is 0. The van der Waals surface area contributed by atoms with E-state index in [9.17, 15) is 0 Å². The van der Waals surface area contributed by atoms with Crippen molar-refractivity contribution < 1.29 is 4.74 Å². The van der Waals surface area contributed by atoms with Gasteiger partial charge in [-0.05, 0) is 32.9 Å². The molecule has 1 N–H and O–H groups in total. The lowest BCUT2D eigenvalue weighted by molar-refractivity contribution is 0.0725. The Morgan fingerprint density at radius 1 is 1.57 bits per heavy atom. The fourth-order valence-corrected chi connectivity index (χ4v) is 2.08. The molecule has 0 amide bonds. The molecule has 0 aromatic heterocycles. The highest BCUT2D eigenvalue weighted by Gasteiger charge is 2.24. The average molecular weight is 200 g/mol. The largest absolute Gasteiger partial charge is 0.380 e. The number of hydrogen-bond acceptors (Lipinski definition) is 3. The van der Waals surface area contributed by atoms with Crippen molar-refractivity contribution in [2.24, 2.45) is 0 Å². The molecule has 0 aliphatic carbocycles. The van der Waals surface area contributed by atoms with Crippen molar-refractivity contribution in [1.82, 2.24) is 10.2 Å². The molecule has 3 nitrogen and oxygen atoms in total. The van der Waals surface area contributed by atoms with Crippen LogP contribution in [0.4, 0.5) is 0 Å². The Balaban J connectivity index is 2.27. The van der Waals surface area contributed by atoms with Crippen LogP contribution in [0, 0.1) is 0 Å². The molecule has 0 saturated carbocycles. The number of likely N-dealkylation sites (N-methyl/N-ethyl adjacent to an activating group) is 1. The van der Waals surface area contributed by atoms with Gasteiger partial charge in [0.2, 0.25) is 0 Å². The maximum Gasteiger partial charge on any atom is 0.0670 e. The normalized spacial score (nSPS) is 25.5. The van der Waals surface area contributed by atoms with Gasteiger partial charge in [-0.15, -0.1) is 0 Å². The van der Waals surface area contributed by atoms with Crippen molar-refractivity contribution in [1.29, 1.82) is 0 Å². The minimum absolute atomic E-state index is 0.359. The summed E-state index contributed by atoms with van der Waals surface area (Å²) in [5.74, 6) is 0. The fourth-order valence-electron chi connectivity index (χ4n) is 2.08. The molecule has 1 heterocycles. The van der Waals surface area contributed by atoms with Gasteiger partial charge in [0.1, 0.15) is 0 Å². The summed E-state index contributed by atoms with van der Waals surface area (Å²) in [6, 6.07) is 0.729. The fraction of sp³-hybridized carbons (Fsp3) is 1.00. The van der Waals surface area contributed by atoms with Crippen molar-refractivity contribution in [2.75, 3.05) is 33.3 Å². The lowest BCUT2D eigenvalue weighted by atomic mass is 10.2. The van der Waals surface area contributed by atoms with Crippen molar-refractivity contribution in [3.05, 3.63) is 0 Å². The Morgan fingerprint density at radius 3 is 3.00 bits per heavy atom. The summed E-state index contributed by atoms with van der Waals surface area (Å²) in [6.07, 6.45) is 3.04. The zero-order chi connectivity index (χ0) is 10.4. The highest BCUT2D eigenvalue weighted by molar-refractivity contribution is 4.81. The van der Waals surface area contributed by atoms with Crippen molar-refractivity contribution in [3.8, 4) is 0 Å². The van der Waals surface area contributed by atoms with Crippen LogP contribution in [0.15, 0.2) is 0 Å². The maximum absolute atomic E-state index is 5.30. The van der Waals surface area contributed by atoms with Gasteiger partial charge in [-0.1, -0.05) is 6.92 Å². The molecule has 1 aliphatic heterocycles. The molecule has 1 aliphatic rings. The molecule has 3 heteroatoms. The molecule has 1 saturated heterocycles. The molecule has 0 radical (unpaired) electrons. The van der Waals surface area contributed by atoms with Crippen LogP contribution in [0.2, 0.25) is 0 Å². The molecule has 0 bridgehead atoms. The third-order valence-electron chi connectivity index (χ3n) is 3.02. The van der Waals surface area contributed by atoms with Gasteiger partial charge in [-0.25, -0.2) is 0 Å². The van der Waals surface area contributed by atoms with Crippen LogP contribution < -0.4 is 5.32 Å². The predicted molar refractivity (Wildman–Crippen MR) is 59.6 cm³/mol. The SMILES string of the molecule is CCNCC1CCCN1CC(C)OC. The van der Waals surface area contributed by atoms with Gasteiger partial charge >= 0.3 is 0 Å². The van der Waals surface area contributed by atoms with Crippen LogP contribution >= 0.6 is 0 Å². The van der Waals surface area contributed by atoms with Crippen LogP contribution in [0.3, 0.4) is 0 Å². The number of rotatable bonds is 6. The number of ether oxygens (including phenoxy) is 1. The van der Waals surface area contributed by atoms with E-state index >= 15 is 0 Å². The monoisotopic (exact) mass is 200 g/mol. The smallest absolute Gasteiger partial charge is 0.0670 e. The Hall–Kier alpha value is -0.120. The van der Waals surface area contributed by atoms with Gasteiger partial charge in [-0.3, -0.25) is 4.90 Å². The first-order valence-corrected chi connectivity index (χ1v) is 5.75. The van der Waals surface area contributed by atoms with Crippen molar-refractivity contribution >= 4 is 0 Å². The van der Waals surface area contributed by atoms with E-state index in [-0.39, 0.29) is 0 Å². The summed E-state index contributed by atoms with van der Waals surface area (Å²) < 4.78 is 5.30. The molecule has 0 aromatic rings. The first kappa shape index (κ1) is 12.0. The molecular weight excluding hydrogens is 176 g/mol. The summed E-state index contributed by atoms with van der Waals surface area (Å²) in [6.45, 7) is 8.83. The summed E-state index contributed by atoms with van der Waals surface area (Å²) in [4.78, 5) is 2.55. The van der Waals surface area contributed by atoms with Crippen LogP contribution in [-0.4, -0.2) is 50.3 Å². The molecule has 84 valence electrons. The molecule has 2 unspecified atom stereocenters. The van der Waals surface area contributed by atoms with E-state index in [1.54, 1.807) is 7.11 Å². The molecule has 1 fully saturated rings. The zero-order valence-corrected chi connectivity index (χ0v) is 9.75. The molecule has 0 aromatic carbocycles.